The summed E-state index contributed by atoms with van der Waals surface area (Å²) in [5, 5.41) is 3.29. The van der Waals surface area contributed by atoms with Gasteiger partial charge >= 0.3 is 0 Å². The Kier molecular flexibility index (Phi) is 5.38. The van der Waals surface area contributed by atoms with E-state index < -0.39 is 0 Å². The maximum absolute atomic E-state index is 13.2. The molecule has 0 spiro atoms. The molecule has 1 heterocycles. The fraction of sp³-hybridized carbons (Fsp3) is 0.333. The number of anilines is 1. The molecule has 0 radical (unpaired) electrons. The SMILES string of the molecule is Nc1cccc(OCCCNC[C@@H]2COc3ccc(F)cc3O2)c1. The van der Waals surface area contributed by atoms with Gasteiger partial charge in [0.05, 0.1) is 6.61 Å². The Hall–Kier alpha value is -2.47. The van der Waals surface area contributed by atoms with Gasteiger partial charge in [0, 0.05) is 24.4 Å². The molecule has 0 saturated carbocycles. The third kappa shape index (κ3) is 4.52. The van der Waals surface area contributed by atoms with Gasteiger partial charge in [0.2, 0.25) is 0 Å². The minimum Gasteiger partial charge on any atom is -0.493 e. The monoisotopic (exact) mass is 332 g/mol. The molecule has 1 atom stereocenters. The Labute approximate surface area is 140 Å². The zero-order chi connectivity index (χ0) is 16.8. The van der Waals surface area contributed by atoms with Crippen molar-refractivity contribution >= 4 is 5.69 Å². The maximum Gasteiger partial charge on any atom is 0.164 e. The number of halogens is 1. The Morgan fingerprint density at radius 2 is 2.12 bits per heavy atom. The molecule has 128 valence electrons. The predicted molar refractivity (Wildman–Crippen MR) is 90.1 cm³/mol. The van der Waals surface area contributed by atoms with Crippen molar-refractivity contribution in [3.8, 4) is 17.2 Å². The molecule has 6 heteroatoms. The minimum atomic E-state index is -0.329. The van der Waals surface area contributed by atoms with Crippen LogP contribution in [0.1, 0.15) is 6.42 Å². The molecule has 1 aliphatic rings. The summed E-state index contributed by atoms with van der Waals surface area (Å²) < 4.78 is 30.1. The van der Waals surface area contributed by atoms with Crippen LogP contribution in [0.3, 0.4) is 0 Å². The highest BCUT2D eigenvalue weighted by atomic mass is 19.1. The Bertz CT molecular complexity index is 681. The third-order valence-electron chi connectivity index (χ3n) is 3.62. The van der Waals surface area contributed by atoms with Gasteiger partial charge in [0.15, 0.2) is 11.5 Å². The second-order valence-corrected chi connectivity index (χ2v) is 5.62. The molecular weight excluding hydrogens is 311 g/mol. The van der Waals surface area contributed by atoms with Gasteiger partial charge in [-0.3, -0.25) is 0 Å². The Balaban J connectivity index is 1.33. The molecule has 2 aromatic rings. The fourth-order valence-electron chi connectivity index (χ4n) is 2.44. The first kappa shape index (κ1) is 16.4. The van der Waals surface area contributed by atoms with E-state index in [0.717, 1.165) is 18.7 Å². The lowest BCUT2D eigenvalue weighted by atomic mass is 10.2. The zero-order valence-corrected chi connectivity index (χ0v) is 13.3. The highest BCUT2D eigenvalue weighted by Gasteiger charge is 2.20. The van der Waals surface area contributed by atoms with E-state index in [2.05, 4.69) is 5.32 Å². The molecule has 2 aromatic carbocycles. The fourth-order valence-corrected chi connectivity index (χ4v) is 2.44. The van der Waals surface area contributed by atoms with Gasteiger partial charge in [0.25, 0.3) is 0 Å². The standard InChI is InChI=1S/C18H21FN2O3/c19-13-5-6-17-18(9-13)24-16(12-23-17)11-21-7-2-8-22-15-4-1-3-14(20)10-15/h1,3-6,9-10,16,21H,2,7-8,11-12,20H2/t16-/m1/s1. The van der Waals surface area contributed by atoms with Crippen molar-refractivity contribution < 1.29 is 18.6 Å². The molecule has 0 aromatic heterocycles. The molecule has 0 saturated heterocycles. The zero-order valence-electron chi connectivity index (χ0n) is 13.3. The van der Waals surface area contributed by atoms with Crippen molar-refractivity contribution in [1.82, 2.24) is 5.32 Å². The molecule has 0 aliphatic carbocycles. The summed E-state index contributed by atoms with van der Waals surface area (Å²) in [6.07, 6.45) is 0.724. The summed E-state index contributed by atoms with van der Waals surface area (Å²) >= 11 is 0. The van der Waals surface area contributed by atoms with Crippen LogP contribution in [0.15, 0.2) is 42.5 Å². The molecule has 1 aliphatic heterocycles. The lowest BCUT2D eigenvalue weighted by molar-refractivity contribution is 0.0897. The van der Waals surface area contributed by atoms with Crippen LogP contribution in [0.4, 0.5) is 10.1 Å². The molecule has 24 heavy (non-hydrogen) atoms. The van der Waals surface area contributed by atoms with Gasteiger partial charge in [0.1, 0.15) is 24.3 Å². The molecule has 0 bridgehead atoms. The summed E-state index contributed by atoms with van der Waals surface area (Å²) in [5.74, 6) is 1.49. The molecule has 0 unspecified atom stereocenters. The molecular formula is C18H21FN2O3. The third-order valence-corrected chi connectivity index (χ3v) is 3.62. The van der Waals surface area contributed by atoms with E-state index in [1.54, 1.807) is 12.1 Å². The largest absolute Gasteiger partial charge is 0.493 e. The van der Waals surface area contributed by atoms with Crippen LogP contribution < -0.4 is 25.3 Å². The van der Waals surface area contributed by atoms with E-state index in [0.29, 0.717) is 36.9 Å². The number of hydrogen-bond acceptors (Lipinski definition) is 5. The van der Waals surface area contributed by atoms with Crippen molar-refractivity contribution in [3.05, 3.63) is 48.3 Å². The van der Waals surface area contributed by atoms with E-state index in [1.807, 2.05) is 18.2 Å². The van der Waals surface area contributed by atoms with Crippen LogP contribution in [-0.4, -0.2) is 32.4 Å². The first-order valence-electron chi connectivity index (χ1n) is 7.99. The lowest BCUT2D eigenvalue weighted by Crippen LogP contribution is -2.39. The number of nitrogens with two attached hydrogens (primary N) is 1. The van der Waals surface area contributed by atoms with E-state index in [1.165, 1.54) is 12.1 Å². The lowest BCUT2D eigenvalue weighted by Gasteiger charge is -2.26. The predicted octanol–water partition coefficient (Wildman–Crippen LogP) is 2.61. The van der Waals surface area contributed by atoms with E-state index in [-0.39, 0.29) is 11.9 Å². The van der Waals surface area contributed by atoms with Crippen LogP contribution in [-0.2, 0) is 0 Å². The number of ether oxygens (including phenoxy) is 3. The van der Waals surface area contributed by atoms with Crippen LogP contribution in [0.25, 0.3) is 0 Å². The Morgan fingerprint density at radius 1 is 1.21 bits per heavy atom. The van der Waals surface area contributed by atoms with Gasteiger partial charge in [-0.1, -0.05) is 6.07 Å². The Morgan fingerprint density at radius 3 is 3.00 bits per heavy atom. The highest BCUT2D eigenvalue weighted by Crippen LogP contribution is 2.31. The maximum atomic E-state index is 13.2. The smallest absolute Gasteiger partial charge is 0.164 e. The summed E-state index contributed by atoms with van der Waals surface area (Å²) in [6.45, 7) is 2.48. The topological polar surface area (TPSA) is 65.7 Å². The molecule has 3 N–H and O–H groups in total. The minimum absolute atomic E-state index is 0.130. The first-order chi connectivity index (χ1) is 11.7. The average molecular weight is 332 g/mol. The van der Waals surface area contributed by atoms with Gasteiger partial charge in [-0.15, -0.1) is 0 Å². The van der Waals surface area contributed by atoms with Gasteiger partial charge in [-0.25, -0.2) is 4.39 Å². The summed E-state index contributed by atoms with van der Waals surface area (Å²) in [6, 6.07) is 11.7. The summed E-state index contributed by atoms with van der Waals surface area (Å²) in [7, 11) is 0. The van der Waals surface area contributed by atoms with Crippen molar-refractivity contribution in [1.29, 1.82) is 0 Å². The number of rotatable bonds is 7. The van der Waals surface area contributed by atoms with Gasteiger partial charge in [-0.05, 0) is 37.2 Å². The molecule has 5 nitrogen and oxygen atoms in total. The van der Waals surface area contributed by atoms with Crippen LogP contribution >= 0.6 is 0 Å². The second kappa shape index (κ2) is 7.88. The van der Waals surface area contributed by atoms with Crippen LogP contribution in [0, 0.1) is 5.82 Å². The van der Waals surface area contributed by atoms with E-state index >= 15 is 0 Å². The summed E-state index contributed by atoms with van der Waals surface area (Å²) in [4.78, 5) is 0. The van der Waals surface area contributed by atoms with E-state index in [9.17, 15) is 4.39 Å². The summed E-state index contributed by atoms with van der Waals surface area (Å²) in [5.41, 5.74) is 6.39. The van der Waals surface area contributed by atoms with Crippen LogP contribution in [0.2, 0.25) is 0 Å². The molecule has 3 rings (SSSR count). The number of nitrogens with one attached hydrogen (secondary N) is 1. The van der Waals surface area contributed by atoms with Crippen molar-refractivity contribution in [2.24, 2.45) is 0 Å². The molecule has 0 amide bonds. The van der Waals surface area contributed by atoms with Gasteiger partial charge in [-0.2, -0.15) is 0 Å². The normalized spacial score (nSPS) is 16.0. The highest BCUT2D eigenvalue weighted by molar-refractivity contribution is 5.43. The number of benzene rings is 2. The second-order valence-electron chi connectivity index (χ2n) is 5.62. The van der Waals surface area contributed by atoms with E-state index in [4.69, 9.17) is 19.9 Å². The van der Waals surface area contributed by atoms with Crippen molar-refractivity contribution in [2.45, 2.75) is 12.5 Å². The first-order valence-corrected chi connectivity index (χ1v) is 7.99. The number of hydrogen-bond donors (Lipinski definition) is 2. The van der Waals surface area contributed by atoms with Gasteiger partial charge < -0.3 is 25.3 Å². The molecule has 0 fully saturated rings. The number of fused-ring (bicyclic) bond motifs is 1. The quantitative estimate of drug-likeness (QED) is 0.603. The van der Waals surface area contributed by atoms with Crippen molar-refractivity contribution in [2.75, 3.05) is 32.0 Å². The van der Waals surface area contributed by atoms with Crippen LogP contribution in [0.5, 0.6) is 17.2 Å². The number of nitrogen functional groups attached to an aromatic ring is 1. The van der Waals surface area contributed by atoms with Crippen molar-refractivity contribution in [3.63, 3.8) is 0 Å². The average Bonchev–Trinajstić information content (AvgIpc) is 2.57.